The third-order valence-corrected chi connectivity index (χ3v) is 1.23. The summed E-state index contributed by atoms with van der Waals surface area (Å²) >= 11 is 0. The molecule has 1 aliphatic rings. The second-order valence-electron chi connectivity index (χ2n) is 1.86. The number of hydrogen-bond acceptors (Lipinski definition) is 2. The second kappa shape index (κ2) is 2.62. The minimum Gasteiger partial charge on any atom is -0.302 e. The molecule has 0 aromatic heterocycles. The lowest BCUT2D eigenvalue weighted by atomic mass is 10.6. The third kappa shape index (κ3) is 1.17. The van der Waals surface area contributed by atoms with Gasteiger partial charge in [-0.2, -0.15) is 0 Å². The van der Waals surface area contributed by atoms with Crippen LogP contribution in [0.15, 0.2) is 12.2 Å². The minimum atomic E-state index is 0.576. The summed E-state index contributed by atoms with van der Waals surface area (Å²) in [4.78, 5) is 12.0. The van der Waals surface area contributed by atoms with Crippen LogP contribution < -0.4 is 0 Å². The van der Waals surface area contributed by atoms with Crippen LogP contribution in [-0.4, -0.2) is 30.8 Å². The van der Waals surface area contributed by atoms with Crippen molar-refractivity contribution in [1.82, 2.24) is 4.90 Å². The Kier molecular flexibility index (Phi) is 1.80. The van der Waals surface area contributed by atoms with E-state index in [1.165, 1.54) is 0 Å². The summed E-state index contributed by atoms with van der Waals surface area (Å²) in [7, 11) is 0. The lowest BCUT2D eigenvalue weighted by molar-refractivity contribution is -0.108. The van der Waals surface area contributed by atoms with Crippen LogP contribution in [0.3, 0.4) is 0 Å². The molecule has 1 heterocycles. The van der Waals surface area contributed by atoms with E-state index in [1.807, 2.05) is 0 Å². The van der Waals surface area contributed by atoms with Crippen LogP contribution in [0.4, 0.5) is 0 Å². The van der Waals surface area contributed by atoms with Gasteiger partial charge < -0.3 is 4.79 Å². The molecule has 0 bridgehead atoms. The lowest BCUT2D eigenvalue weighted by Gasteiger charge is -2.07. The standard InChI is InChI=1S/C6H9NO/c8-6-5-7-3-1-2-4-7/h1-2,6H,3-5H2. The van der Waals surface area contributed by atoms with Gasteiger partial charge in [0.2, 0.25) is 0 Å². The van der Waals surface area contributed by atoms with Gasteiger partial charge in [-0.1, -0.05) is 12.2 Å². The van der Waals surface area contributed by atoms with Gasteiger partial charge in [0.15, 0.2) is 0 Å². The summed E-state index contributed by atoms with van der Waals surface area (Å²) in [5.74, 6) is 0. The van der Waals surface area contributed by atoms with Crippen molar-refractivity contribution in [3.8, 4) is 0 Å². The molecule has 0 aromatic carbocycles. The molecule has 0 aliphatic carbocycles. The van der Waals surface area contributed by atoms with E-state index in [1.54, 1.807) is 0 Å². The van der Waals surface area contributed by atoms with Gasteiger partial charge in [-0.3, -0.25) is 4.90 Å². The largest absolute Gasteiger partial charge is 0.302 e. The molecule has 0 N–H and O–H groups in total. The Morgan fingerprint density at radius 3 is 2.62 bits per heavy atom. The molecule has 44 valence electrons. The Bertz CT molecular complexity index is 101. The van der Waals surface area contributed by atoms with E-state index >= 15 is 0 Å². The van der Waals surface area contributed by atoms with Crippen LogP contribution in [0.2, 0.25) is 0 Å². The van der Waals surface area contributed by atoms with Crippen molar-refractivity contribution < 1.29 is 4.79 Å². The molecule has 0 saturated carbocycles. The summed E-state index contributed by atoms with van der Waals surface area (Å²) in [5.41, 5.74) is 0. The first-order chi connectivity index (χ1) is 3.93. The van der Waals surface area contributed by atoms with Crippen LogP contribution in [0.5, 0.6) is 0 Å². The predicted octanol–water partition coefficient (Wildman–Crippen LogP) is 0.0571. The Morgan fingerprint density at radius 1 is 1.50 bits per heavy atom. The van der Waals surface area contributed by atoms with E-state index < -0.39 is 0 Å². The summed E-state index contributed by atoms with van der Waals surface area (Å²) < 4.78 is 0. The number of aldehydes is 1. The predicted molar refractivity (Wildman–Crippen MR) is 31.6 cm³/mol. The van der Waals surface area contributed by atoms with Gasteiger partial charge in [0, 0.05) is 13.1 Å². The van der Waals surface area contributed by atoms with Crippen molar-refractivity contribution in [3.05, 3.63) is 12.2 Å². The molecular weight excluding hydrogens is 102 g/mol. The molecule has 0 spiro atoms. The van der Waals surface area contributed by atoms with Crippen molar-refractivity contribution in [1.29, 1.82) is 0 Å². The van der Waals surface area contributed by atoms with Gasteiger partial charge in [-0.05, 0) is 0 Å². The first kappa shape index (κ1) is 5.51. The summed E-state index contributed by atoms with van der Waals surface area (Å²) in [6.45, 7) is 2.46. The molecule has 0 atom stereocenters. The van der Waals surface area contributed by atoms with E-state index in [2.05, 4.69) is 17.1 Å². The van der Waals surface area contributed by atoms with Gasteiger partial charge in [0.1, 0.15) is 6.29 Å². The van der Waals surface area contributed by atoms with Crippen LogP contribution in [0.1, 0.15) is 0 Å². The van der Waals surface area contributed by atoms with Gasteiger partial charge >= 0.3 is 0 Å². The average molecular weight is 111 g/mol. The molecule has 8 heavy (non-hydrogen) atoms. The fraction of sp³-hybridized carbons (Fsp3) is 0.500. The van der Waals surface area contributed by atoms with E-state index in [0.717, 1.165) is 19.4 Å². The lowest BCUT2D eigenvalue weighted by Crippen LogP contribution is -2.21. The molecule has 2 heteroatoms. The van der Waals surface area contributed by atoms with E-state index in [4.69, 9.17) is 0 Å². The maximum atomic E-state index is 9.89. The molecule has 0 amide bonds. The smallest absolute Gasteiger partial charge is 0.134 e. The monoisotopic (exact) mass is 111 g/mol. The molecular formula is C6H9NO. The van der Waals surface area contributed by atoms with Gasteiger partial charge in [-0.15, -0.1) is 0 Å². The van der Waals surface area contributed by atoms with Crippen molar-refractivity contribution in [3.63, 3.8) is 0 Å². The highest BCUT2D eigenvalue weighted by atomic mass is 16.1. The van der Waals surface area contributed by atoms with E-state index in [9.17, 15) is 4.79 Å². The molecule has 0 fully saturated rings. The fourth-order valence-corrected chi connectivity index (χ4v) is 0.776. The van der Waals surface area contributed by atoms with Crippen LogP contribution >= 0.6 is 0 Å². The quantitative estimate of drug-likeness (QED) is 0.371. The SMILES string of the molecule is O=CCN1CC=CC1. The third-order valence-electron chi connectivity index (χ3n) is 1.23. The zero-order chi connectivity index (χ0) is 5.82. The first-order valence-electron chi connectivity index (χ1n) is 2.74. The molecule has 0 saturated heterocycles. The topological polar surface area (TPSA) is 20.3 Å². The fourth-order valence-electron chi connectivity index (χ4n) is 0.776. The minimum absolute atomic E-state index is 0.576. The Balaban J connectivity index is 2.19. The molecule has 0 radical (unpaired) electrons. The summed E-state index contributed by atoms with van der Waals surface area (Å²) in [5, 5.41) is 0. The average Bonchev–Trinajstić information content (AvgIpc) is 2.19. The Morgan fingerprint density at radius 2 is 2.12 bits per heavy atom. The summed E-state index contributed by atoms with van der Waals surface area (Å²) in [6, 6.07) is 0. The highest BCUT2D eigenvalue weighted by Gasteiger charge is 2.02. The molecule has 2 nitrogen and oxygen atoms in total. The van der Waals surface area contributed by atoms with Gasteiger partial charge in [0.25, 0.3) is 0 Å². The number of carbonyl (C=O) groups is 1. The van der Waals surface area contributed by atoms with Crippen LogP contribution in [0, 0.1) is 0 Å². The maximum Gasteiger partial charge on any atom is 0.134 e. The van der Waals surface area contributed by atoms with Crippen molar-refractivity contribution in [2.45, 2.75) is 0 Å². The molecule has 0 unspecified atom stereocenters. The van der Waals surface area contributed by atoms with E-state index in [-0.39, 0.29) is 0 Å². The Labute approximate surface area is 48.8 Å². The van der Waals surface area contributed by atoms with E-state index in [0.29, 0.717) is 6.54 Å². The second-order valence-corrected chi connectivity index (χ2v) is 1.86. The summed E-state index contributed by atoms with van der Waals surface area (Å²) in [6.07, 6.45) is 5.08. The molecule has 1 aliphatic heterocycles. The van der Waals surface area contributed by atoms with Crippen molar-refractivity contribution in [2.24, 2.45) is 0 Å². The van der Waals surface area contributed by atoms with Crippen molar-refractivity contribution in [2.75, 3.05) is 19.6 Å². The zero-order valence-corrected chi connectivity index (χ0v) is 4.71. The van der Waals surface area contributed by atoms with Gasteiger partial charge in [0.05, 0.1) is 6.54 Å². The number of carbonyl (C=O) groups excluding carboxylic acids is 1. The number of rotatable bonds is 2. The molecule has 1 rings (SSSR count). The molecule has 0 aromatic rings. The Hall–Kier alpha value is -0.630. The zero-order valence-electron chi connectivity index (χ0n) is 4.71. The number of hydrogen-bond donors (Lipinski definition) is 0. The highest BCUT2D eigenvalue weighted by molar-refractivity contribution is 5.52. The highest BCUT2D eigenvalue weighted by Crippen LogP contribution is 1.94. The van der Waals surface area contributed by atoms with Crippen LogP contribution in [-0.2, 0) is 4.79 Å². The van der Waals surface area contributed by atoms with Crippen molar-refractivity contribution >= 4 is 6.29 Å². The van der Waals surface area contributed by atoms with Crippen LogP contribution in [0.25, 0.3) is 0 Å². The maximum absolute atomic E-state index is 9.89. The number of nitrogens with zero attached hydrogens (tertiary/aromatic N) is 1. The normalized spacial score (nSPS) is 19.5. The first-order valence-corrected chi connectivity index (χ1v) is 2.74. The van der Waals surface area contributed by atoms with Gasteiger partial charge in [-0.25, -0.2) is 0 Å².